The normalized spacial score (nSPS) is 12.6. The summed E-state index contributed by atoms with van der Waals surface area (Å²) in [6.45, 7) is 2.23. The fourth-order valence-corrected chi connectivity index (χ4v) is 2.19. The zero-order valence-electron chi connectivity index (χ0n) is 11.1. The van der Waals surface area contributed by atoms with Crippen LogP contribution >= 0.6 is 0 Å². The zero-order chi connectivity index (χ0) is 12.8. The Hall–Kier alpha value is -1.61. The number of unbranched alkanes of at least 4 members (excludes halogenated alkanes) is 1. The molecule has 1 unspecified atom stereocenters. The third-order valence-electron chi connectivity index (χ3n) is 3.25. The Labute approximate surface area is 109 Å². The highest BCUT2D eigenvalue weighted by Crippen LogP contribution is 2.20. The van der Waals surface area contributed by atoms with E-state index < -0.39 is 0 Å². The quantitative estimate of drug-likeness (QED) is 0.818. The van der Waals surface area contributed by atoms with Crippen molar-refractivity contribution in [3.8, 4) is 0 Å². The Morgan fingerprint density at radius 1 is 1.22 bits per heavy atom. The number of aryl methyl sites for hydroxylation is 1. The summed E-state index contributed by atoms with van der Waals surface area (Å²) in [5, 5.41) is 10.3. The van der Waals surface area contributed by atoms with Gasteiger partial charge in [-0.05, 0) is 37.1 Å². The van der Waals surface area contributed by atoms with Crippen molar-refractivity contribution in [2.45, 2.75) is 32.2 Å². The fraction of sp³-hybridized carbons (Fsp3) is 0.400. The number of benzene rings is 1. The van der Waals surface area contributed by atoms with Crippen LogP contribution in [0.1, 0.15) is 42.6 Å². The van der Waals surface area contributed by atoms with E-state index in [1.165, 1.54) is 30.4 Å². The third kappa shape index (κ3) is 2.99. The molecule has 2 aromatic rings. The summed E-state index contributed by atoms with van der Waals surface area (Å²) in [7, 11) is 1.97. The SMILES string of the molecule is CCCCc1ccc(C(NC)c2ccn[nH]2)cc1. The van der Waals surface area contributed by atoms with Gasteiger partial charge in [-0.3, -0.25) is 5.10 Å². The Morgan fingerprint density at radius 2 is 2.00 bits per heavy atom. The molecule has 2 N–H and O–H groups in total. The van der Waals surface area contributed by atoms with Crippen LogP contribution in [0.5, 0.6) is 0 Å². The first-order valence-electron chi connectivity index (χ1n) is 6.60. The van der Waals surface area contributed by atoms with Crippen molar-refractivity contribution in [1.82, 2.24) is 15.5 Å². The molecule has 3 heteroatoms. The summed E-state index contributed by atoms with van der Waals surface area (Å²) in [4.78, 5) is 0. The molecule has 96 valence electrons. The molecule has 1 atom stereocenters. The highest BCUT2D eigenvalue weighted by molar-refractivity contribution is 5.30. The number of aromatic nitrogens is 2. The molecule has 0 saturated carbocycles. The lowest BCUT2D eigenvalue weighted by Crippen LogP contribution is -2.18. The standard InChI is InChI=1S/C15H21N3/c1-3-4-5-12-6-8-13(9-7-12)15(16-2)14-10-11-17-18-14/h6-11,15-16H,3-5H2,1-2H3,(H,17,18). The molecule has 0 radical (unpaired) electrons. The molecule has 3 nitrogen and oxygen atoms in total. The smallest absolute Gasteiger partial charge is 0.0743 e. The highest BCUT2D eigenvalue weighted by Gasteiger charge is 2.12. The van der Waals surface area contributed by atoms with E-state index in [0.717, 1.165) is 5.69 Å². The van der Waals surface area contributed by atoms with E-state index in [1.54, 1.807) is 6.20 Å². The summed E-state index contributed by atoms with van der Waals surface area (Å²) in [6, 6.07) is 11.1. The molecule has 1 heterocycles. The van der Waals surface area contributed by atoms with Gasteiger partial charge in [-0.2, -0.15) is 5.10 Å². The Bertz CT molecular complexity index is 445. The third-order valence-corrected chi connectivity index (χ3v) is 3.25. The summed E-state index contributed by atoms with van der Waals surface area (Å²) in [5.74, 6) is 0. The average Bonchev–Trinajstić information content (AvgIpc) is 2.93. The van der Waals surface area contributed by atoms with Gasteiger partial charge in [0, 0.05) is 6.20 Å². The number of rotatable bonds is 6. The van der Waals surface area contributed by atoms with Crippen molar-refractivity contribution in [2.24, 2.45) is 0 Å². The van der Waals surface area contributed by atoms with Crippen molar-refractivity contribution >= 4 is 0 Å². The Balaban J connectivity index is 2.12. The average molecular weight is 243 g/mol. The van der Waals surface area contributed by atoms with Gasteiger partial charge in [-0.25, -0.2) is 0 Å². The first-order chi connectivity index (χ1) is 8.85. The minimum atomic E-state index is 0.188. The molecule has 0 fully saturated rings. The van der Waals surface area contributed by atoms with Crippen LogP contribution in [0.15, 0.2) is 36.5 Å². The molecule has 0 amide bonds. The van der Waals surface area contributed by atoms with Crippen LogP contribution in [0, 0.1) is 0 Å². The highest BCUT2D eigenvalue weighted by atomic mass is 15.1. The monoisotopic (exact) mass is 243 g/mol. The van der Waals surface area contributed by atoms with Gasteiger partial charge < -0.3 is 5.32 Å². The van der Waals surface area contributed by atoms with Crippen LogP contribution in [0.2, 0.25) is 0 Å². The molecule has 0 spiro atoms. The number of nitrogens with one attached hydrogen (secondary N) is 2. The summed E-state index contributed by atoms with van der Waals surface area (Å²) < 4.78 is 0. The minimum Gasteiger partial charge on any atom is -0.308 e. The number of nitrogens with zero attached hydrogens (tertiary/aromatic N) is 1. The van der Waals surface area contributed by atoms with Crippen LogP contribution in [0.3, 0.4) is 0 Å². The molecule has 0 bridgehead atoms. The van der Waals surface area contributed by atoms with Crippen molar-refractivity contribution in [3.05, 3.63) is 53.3 Å². The second-order valence-corrected chi connectivity index (χ2v) is 4.58. The van der Waals surface area contributed by atoms with E-state index >= 15 is 0 Å². The predicted octanol–water partition coefficient (Wildman–Crippen LogP) is 3.06. The van der Waals surface area contributed by atoms with Crippen LogP contribution < -0.4 is 5.32 Å². The summed E-state index contributed by atoms with van der Waals surface area (Å²) in [6.07, 6.45) is 5.46. The van der Waals surface area contributed by atoms with Crippen molar-refractivity contribution in [2.75, 3.05) is 7.05 Å². The van der Waals surface area contributed by atoms with Crippen LogP contribution in [0.25, 0.3) is 0 Å². The number of H-pyrrole nitrogens is 1. The minimum absolute atomic E-state index is 0.188. The maximum atomic E-state index is 4.01. The van der Waals surface area contributed by atoms with E-state index in [1.807, 2.05) is 13.1 Å². The Kier molecular flexibility index (Phi) is 4.53. The van der Waals surface area contributed by atoms with E-state index in [2.05, 4.69) is 46.7 Å². The maximum Gasteiger partial charge on any atom is 0.0743 e. The number of aromatic amines is 1. The molecule has 0 aliphatic rings. The molecular formula is C15H21N3. The number of hydrogen-bond acceptors (Lipinski definition) is 2. The maximum absolute atomic E-state index is 4.01. The van der Waals surface area contributed by atoms with Crippen molar-refractivity contribution in [1.29, 1.82) is 0 Å². The summed E-state index contributed by atoms with van der Waals surface area (Å²) in [5.41, 5.74) is 3.78. The Morgan fingerprint density at radius 3 is 2.56 bits per heavy atom. The van der Waals surface area contributed by atoms with Crippen LogP contribution in [0.4, 0.5) is 0 Å². The topological polar surface area (TPSA) is 40.7 Å². The van der Waals surface area contributed by atoms with Gasteiger partial charge in [0.1, 0.15) is 0 Å². The van der Waals surface area contributed by atoms with Gasteiger partial charge in [-0.1, -0.05) is 37.6 Å². The largest absolute Gasteiger partial charge is 0.308 e. The lowest BCUT2D eigenvalue weighted by atomic mass is 10.0. The van der Waals surface area contributed by atoms with Crippen LogP contribution in [-0.4, -0.2) is 17.2 Å². The molecular weight excluding hydrogens is 222 g/mol. The first kappa shape index (κ1) is 12.8. The summed E-state index contributed by atoms with van der Waals surface area (Å²) >= 11 is 0. The predicted molar refractivity (Wildman–Crippen MR) is 74.5 cm³/mol. The lowest BCUT2D eigenvalue weighted by molar-refractivity contribution is 0.667. The second kappa shape index (κ2) is 6.36. The van der Waals surface area contributed by atoms with Gasteiger partial charge in [0.25, 0.3) is 0 Å². The van der Waals surface area contributed by atoms with E-state index in [-0.39, 0.29) is 6.04 Å². The van der Waals surface area contributed by atoms with Gasteiger partial charge in [0.15, 0.2) is 0 Å². The molecule has 1 aromatic heterocycles. The first-order valence-corrected chi connectivity index (χ1v) is 6.60. The molecule has 0 saturated heterocycles. The van der Waals surface area contributed by atoms with Gasteiger partial charge >= 0.3 is 0 Å². The van der Waals surface area contributed by atoms with Crippen molar-refractivity contribution < 1.29 is 0 Å². The molecule has 0 aliphatic carbocycles. The van der Waals surface area contributed by atoms with E-state index in [4.69, 9.17) is 0 Å². The van der Waals surface area contributed by atoms with E-state index in [0.29, 0.717) is 0 Å². The number of hydrogen-bond donors (Lipinski definition) is 2. The lowest BCUT2D eigenvalue weighted by Gasteiger charge is -2.15. The fourth-order valence-electron chi connectivity index (χ4n) is 2.19. The molecule has 2 rings (SSSR count). The van der Waals surface area contributed by atoms with Gasteiger partial charge in [0.2, 0.25) is 0 Å². The molecule has 1 aromatic carbocycles. The zero-order valence-corrected chi connectivity index (χ0v) is 11.1. The second-order valence-electron chi connectivity index (χ2n) is 4.58. The van der Waals surface area contributed by atoms with Crippen molar-refractivity contribution in [3.63, 3.8) is 0 Å². The van der Waals surface area contributed by atoms with Crippen LogP contribution in [-0.2, 0) is 6.42 Å². The molecule has 0 aliphatic heterocycles. The van der Waals surface area contributed by atoms with Gasteiger partial charge in [-0.15, -0.1) is 0 Å². The van der Waals surface area contributed by atoms with Gasteiger partial charge in [0.05, 0.1) is 11.7 Å². The van der Waals surface area contributed by atoms with E-state index in [9.17, 15) is 0 Å². The molecule has 18 heavy (non-hydrogen) atoms.